The monoisotopic (exact) mass is 354 g/mol. The van der Waals surface area contributed by atoms with Gasteiger partial charge in [-0.15, -0.1) is 0 Å². The summed E-state index contributed by atoms with van der Waals surface area (Å²) in [6.07, 6.45) is 7.32. The minimum absolute atomic E-state index is 0.0953. The SMILES string of the molecule is C=CNC(=NC1Cc2ccc(F)cc2C1)/C(=C/C(C)=C\C)C(=C)C.CC. The molecule has 3 heteroatoms. The van der Waals surface area contributed by atoms with E-state index >= 15 is 0 Å². The van der Waals surface area contributed by atoms with Crippen molar-refractivity contribution in [1.29, 1.82) is 0 Å². The lowest BCUT2D eigenvalue weighted by Gasteiger charge is -2.14. The lowest BCUT2D eigenvalue weighted by molar-refractivity contribution is 0.625. The highest BCUT2D eigenvalue weighted by molar-refractivity contribution is 6.03. The van der Waals surface area contributed by atoms with Gasteiger partial charge in [-0.05, 0) is 74.7 Å². The van der Waals surface area contributed by atoms with Gasteiger partial charge in [0.15, 0.2) is 0 Å². The number of aliphatic imine (C=N–C) groups is 1. The van der Waals surface area contributed by atoms with Crippen molar-refractivity contribution in [2.24, 2.45) is 4.99 Å². The summed E-state index contributed by atoms with van der Waals surface area (Å²) in [6, 6.07) is 5.09. The first-order chi connectivity index (χ1) is 12.4. The number of benzene rings is 1. The molecule has 1 N–H and O–H groups in total. The maximum absolute atomic E-state index is 13.4. The molecule has 0 bridgehead atoms. The van der Waals surface area contributed by atoms with E-state index in [4.69, 9.17) is 4.99 Å². The zero-order chi connectivity index (χ0) is 19.7. The normalized spacial score (nSPS) is 17.2. The molecule has 0 saturated heterocycles. The van der Waals surface area contributed by atoms with Crippen molar-refractivity contribution in [3.05, 3.63) is 83.4 Å². The number of amidine groups is 1. The van der Waals surface area contributed by atoms with Gasteiger partial charge in [-0.25, -0.2) is 4.39 Å². The van der Waals surface area contributed by atoms with E-state index in [0.29, 0.717) is 0 Å². The highest BCUT2D eigenvalue weighted by Gasteiger charge is 2.22. The molecule has 0 aliphatic heterocycles. The van der Waals surface area contributed by atoms with Crippen LogP contribution in [0.1, 0.15) is 45.7 Å². The van der Waals surface area contributed by atoms with Crippen LogP contribution in [0.15, 0.2) is 71.4 Å². The fourth-order valence-corrected chi connectivity index (χ4v) is 2.82. The Morgan fingerprint density at radius 2 is 1.88 bits per heavy atom. The number of rotatable bonds is 5. The topological polar surface area (TPSA) is 24.4 Å². The summed E-state index contributed by atoms with van der Waals surface area (Å²) in [4.78, 5) is 4.87. The molecule has 1 aromatic rings. The third-order valence-electron chi connectivity index (χ3n) is 4.17. The molecule has 0 amide bonds. The standard InChI is InChI=1S/C21H25FN2.C2H6/c1-6-15(5)10-20(14(3)4)21(23-7-2)24-19-12-16-8-9-18(22)11-17(16)13-19;1-2/h6-11,19H,2-3,12-13H2,1,4-5H3,(H,23,24);1-2H3/b15-6-,20-10+;. The van der Waals surface area contributed by atoms with Crippen LogP contribution in [0.5, 0.6) is 0 Å². The van der Waals surface area contributed by atoms with Gasteiger partial charge in [-0.2, -0.15) is 0 Å². The maximum Gasteiger partial charge on any atom is 0.132 e. The Kier molecular flexibility index (Phi) is 8.77. The number of halogens is 1. The molecule has 1 unspecified atom stereocenters. The molecule has 140 valence electrons. The van der Waals surface area contributed by atoms with Crippen molar-refractivity contribution < 1.29 is 4.39 Å². The zero-order valence-corrected chi connectivity index (χ0v) is 16.7. The molecule has 26 heavy (non-hydrogen) atoms. The molecule has 0 radical (unpaired) electrons. The molecule has 1 aromatic carbocycles. The van der Waals surface area contributed by atoms with Crippen molar-refractivity contribution in [1.82, 2.24) is 5.32 Å². The van der Waals surface area contributed by atoms with E-state index in [1.165, 1.54) is 11.6 Å². The second-order valence-electron chi connectivity index (χ2n) is 6.17. The Morgan fingerprint density at radius 3 is 2.46 bits per heavy atom. The van der Waals surface area contributed by atoms with Crippen molar-refractivity contribution in [3.63, 3.8) is 0 Å². The second-order valence-corrected chi connectivity index (χ2v) is 6.17. The number of fused-ring (bicyclic) bond motifs is 1. The van der Waals surface area contributed by atoms with Gasteiger partial charge in [0.05, 0.1) is 6.04 Å². The fraction of sp³-hybridized carbons (Fsp3) is 0.348. The zero-order valence-electron chi connectivity index (χ0n) is 16.7. The third-order valence-corrected chi connectivity index (χ3v) is 4.17. The molecule has 1 atom stereocenters. The van der Waals surface area contributed by atoms with E-state index < -0.39 is 0 Å². The molecule has 0 fully saturated rings. The van der Waals surface area contributed by atoms with E-state index in [2.05, 4.69) is 24.6 Å². The third kappa shape index (κ3) is 5.83. The van der Waals surface area contributed by atoms with Crippen molar-refractivity contribution in [2.75, 3.05) is 0 Å². The van der Waals surface area contributed by atoms with Crippen LogP contribution in [0.2, 0.25) is 0 Å². The Balaban J connectivity index is 0.00000163. The molecule has 0 aromatic heterocycles. The number of hydrogen-bond acceptors (Lipinski definition) is 1. The van der Waals surface area contributed by atoms with Crippen LogP contribution in [0.25, 0.3) is 0 Å². The first-order valence-corrected chi connectivity index (χ1v) is 9.18. The average Bonchev–Trinajstić information content (AvgIpc) is 3.02. The predicted octanol–water partition coefficient (Wildman–Crippen LogP) is 5.92. The molecule has 1 aliphatic carbocycles. The Morgan fingerprint density at radius 1 is 1.23 bits per heavy atom. The summed E-state index contributed by atoms with van der Waals surface area (Å²) in [5, 5.41) is 3.14. The first kappa shape index (κ1) is 21.6. The smallest absolute Gasteiger partial charge is 0.132 e. The molecule has 0 heterocycles. The van der Waals surface area contributed by atoms with Gasteiger partial charge in [0.25, 0.3) is 0 Å². The first-order valence-electron chi connectivity index (χ1n) is 9.18. The largest absolute Gasteiger partial charge is 0.347 e. The summed E-state index contributed by atoms with van der Waals surface area (Å²) in [5.74, 6) is 0.575. The lowest BCUT2D eigenvalue weighted by Crippen LogP contribution is -2.23. The Labute approximate surface area is 157 Å². The predicted molar refractivity (Wildman–Crippen MR) is 112 cm³/mol. The van der Waals surface area contributed by atoms with Crippen LogP contribution in [-0.2, 0) is 12.8 Å². The van der Waals surface area contributed by atoms with Gasteiger partial charge in [0, 0.05) is 5.57 Å². The highest BCUT2D eigenvalue weighted by atomic mass is 19.1. The molecular formula is C23H31FN2. The van der Waals surface area contributed by atoms with Crippen LogP contribution in [0, 0.1) is 5.82 Å². The highest BCUT2D eigenvalue weighted by Crippen LogP contribution is 2.26. The van der Waals surface area contributed by atoms with Crippen molar-refractivity contribution in [2.45, 2.75) is 53.5 Å². The summed E-state index contributed by atoms with van der Waals surface area (Å²) < 4.78 is 13.4. The van der Waals surface area contributed by atoms with Crippen LogP contribution in [-0.4, -0.2) is 11.9 Å². The van der Waals surface area contributed by atoms with Crippen molar-refractivity contribution >= 4 is 5.84 Å². The molecule has 2 rings (SSSR count). The number of hydrogen-bond donors (Lipinski definition) is 1. The number of nitrogens with zero attached hydrogens (tertiary/aromatic N) is 1. The molecule has 0 saturated carbocycles. The molecule has 1 aliphatic rings. The second kappa shape index (κ2) is 10.5. The molecule has 0 spiro atoms. The van der Waals surface area contributed by atoms with Gasteiger partial charge in [-0.3, -0.25) is 4.99 Å². The quantitative estimate of drug-likeness (QED) is 0.396. The van der Waals surface area contributed by atoms with Gasteiger partial charge in [0.2, 0.25) is 0 Å². The van der Waals surface area contributed by atoms with E-state index in [9.17, 15) is 4.39 Å². The average molecular weight is 355 g/mol. The van der Waals surface area contributed by atoms with Gasteiger partial charge < -0.3 is 5.32 Å². The van der Waals surface area contributed by atoms with E-state index in [0.717, 1.165) is 41.0 Å². The van der Waals surface area contributed by atoms with E-state index in [1.807, 2.05) is 46.8 Å². The van der Waals surface area contributed by atoms with Crippen LogP contribution in [0.4, 0.5) is 4.39 Å². The minimum atomic E-state index is -0.186. The van der Waals surface area contributed by atoms with Crippen molar-refractivity contribution in [3.8, 4) is 0 Å². The summed E-state index contributed by atoms with van der Waals surface area (Å²) >= 11 is 0. The van der Waals surface area contributed by atoms with Crippen LogP contribution < -0.4 is 5.32 Å². The molecular weight excluding hydrogens is 323 g/mol. The van der Waals surface area contributed by atoms with Gasteiger partial charge >= 0.3 is 0 Å². The van der Waals surface area contributed by atoms with Crippen LogP contribution >= 0.6 is 0 Å². The van der Waals surface area contributed by atoms with Crippen LogP contribution in [0.3, 0.4) is 0 Å². The summed E-state index contributed by atoms with van der Waals surface area (Å²) in [5.41, 5.74) is 5.27. The maximum atomic E-state index is 13.4. The summed E-state index contributed by atoms with van der Waals surface area (Å²) in [7, 11) is 0. The minimum Gasteiger partial charge on any atom is -0.347 e. The number of allylic oxidation sites excluding steroid dienone is 3. The summed E-state index contributed by atoms with van der Waals surface area (Å²) in [6.45, 7) is 17.8. The Hall–Kier alpha value is -2.42. The lowest BCUT2D eigenvalue weighted by atomic mass is 10.0. The molecule has 2 nitrogen and oxygen atoms in total. The van der Waals surface area contributed by atoms with E-state index in [-0.39, 0.29) is 11.9 Å². The van der Waals surface area contributed by atoms with E-state index in [1.54, 1.807) is 12.3 Å². The Bertz CT molecular complexity index is 739. The fourth-order valence-electron chi connectivity index (χ4n) is 2.82. The van der Waals surface area contributed by atoms with Gasteiger partial charge in [0.1, 0.15) is 11.7 Å². The van der Waals surface area contributed by atoms with Gasteiger partial charge in [-0.1, -0.05) is 44.7 Å². The number of nitrogens with one attached hydrogen (secondary N) is 1.